The molecule has 0 saturated carbocycles. The first-order valence-corrected chi connectivity index (χ1v) is 2.64. The van der Waals surface area contributed by atoms with Gasteiger partial charge in [-0.3, -0.25) is 4.37 Å². The van der Waals surface area contributed by atoms with E-state index in [1.165, 1.54) is 11.8 Å². The number of H-pyrrole nitrogens is 1. The van der Waals surface area contributed by atoms with Crippen molar-refractivity contribution in [1.82, 2.24) is 4.37 Å². The van der Waals surface area contributed by atoms with E-state index in [4.69, 9.17) is 3.85 Å². The van der Waals surface area contributed by atoms with Crippen LogP contribution in [-0.4, -0.2) is 4.37 Å². The summed E-state index contributed by atoms with van der Waals surface area (Å²) in [6, 6.07) is 3.67. The molecule has 1 rings (SSSR count). The minimum absolute atomic E-state index is 1.19. The Balaban J connectivity index is 3.06. The van der Waals surface area contributed by atoms with Crippen LogP contribution in [0.1, 0.15) is 0 Å². The fourth-order valence-electron chi connectivity index (χ4n) is 0.256. The molecule has 1 heterocycles. The summed E-state index contributed by atoms with van der Waals surface area (Å²) in [5.74, 6) is 0. The zero-order chi connectivity index (χ0) is 4.95. The van der Waals surface area contributed by atoms with Gasteiger partial charge in [0.15, 0.2) is 0 Å². The van der Waals surface area contributed by atoms with Gasteiger partial charge in [-0.25, -0.2) is 0 Å². The summed E-state index contributed by atoms with van der Waals surface area (Å²) >= 11 is 1.19. The van der Waals surface area contributed by atoms with Gasteiger partial charge in [0, 0.05) is 6.20 Å². The first kappa shape index (κ1) is 4.46. The van der Waals surface area contributed by atoms with E-state index < -0.39 is 0 Å². The molecule has 0 radical (unpaired) electrons. The highest BCUT2D eigenvalue weighted by atomic mass is 32.1. The maximum absolute atomic E-state index is 4.76. The summed E-state index contributed by atoms with van der Waals surface area (Å²) in [4.78, 5) is 0. The van der Waals surface area contributed by atoms with Crippen molar-refractivity contribution >= 4 is 11.8 Å². The van der Waals surface area contributed by atoms with Crippen LogP contribution in [0.2, 0.25) is 0 Å². The summed E-state index contributed by atoms with van der Waals surface area (Å²) < 4.78 is 7.56. The summed E-state index contributed by atoms with van der Waals surface area (Å²) in [6.45, 7) is 0. The predicted molar refractivity (Wildman–Crippen MR) is 28.6 cm³/mol. The van der Waals surface area contributed by atoms with Crippen LogP contribution in [0.4, 0.5) is 0 Å². The van der Waals surface area contributed by atoms with Gasteiger partial charge >= 0.3 is 0 Å². The lowest BCUT2D eigenvalue weighted by molar-refractivity contribution is 0.681. The van der Waals surface area contributed by atoms with Gasteiger partial charge in [0.1, 0.15) is 18.1 Å². The third-order valence-electron chi connectivity index (χ3n) is 0.506. The van der Waals surface area contributed by atoms with Crippen molar-refractivity contribution in [2.75, 3.05) is 0 Å². The van der Waals surface area contributed by atoms with Crippen LogP contribution in [0.3, 0.4) is 0 Å². The quantitative estimate of drug-likeness (QED) is 0.548. The minimum atomic E-state index is 1.19. The lowest BCUT2D eigenvalue weighted by atomic mass is 10.6. The Morgan fingerprint density at radius 2 is 2.43 bits per heavy atom. The first-order chi connectivity index (χ1) is 3.50. The highest BCUT2D eigenvalue weighted by molar-refractivity contribution is 6.96. The molecule has 0 amide bonds. The number of hydrogen-bond acceptors (Lipinski definition) is 2. The first-order valence-electron chi connectivity index (χ1n) is 1.90. The van der Waals surface area contributed by atoms with Gasteiger partial charge in [-0.05, 0) is 12.1 Å². The highest BCUT2D eigenvalue weighted by Crippen LogP contribution is 1.83. The predicted octanol–water partition coefficient (Wildman–Crippen LogP) is 1.79. The number of aromatic nitrogens is 1. The summed E-state index contributed by atoms with van der Waals surface area (Å²) in [5, 5.41) is 0. The van der Waals surface area contributed by atoms with E-state index in [9.17, 15) is 0 Å². The maximum atomic E-state index is 4.76. The molecular formula is C4H5NOS. The molecule has 0 fully saturated rings. The van der Waals surface area contributed by atoms with Crippen LogP contribution in [0, 0.1) is 0 Å². The van der Waals surface area contributed by atoms with Crippen LogP contribution < -0.4 is 0 Å². The average molecular weight is 115 g/mol. The molecule has 0 atom stereocenters. The number of nitrogens with one attached hydrogen (secondary N) is 1. The summed E-state index contributed by atoms with van der Waals surface area (Å²) in [7, 11) is 0. The second-order valence-corrected chi connectivity index (χ2v) is 1.58. The third-order valence-corrected chi connectivity index (χ3v) is 0.945. The van der Waals surface area contributed by atoms with Gasteiger partial charge in [-0.15, -0.1) is 0 Å². The Morgan fingerprint density at radius 1 is 1.43 bits per heavy atom. The molecule has 0 unspecified atom stereocenters. The van der Waals surface area contributed by atoms with Crippen LogP contribution in [0.15, 0.2) is 28.4 Å². The standard InChI is InChI=1S/C4H5NOS/c1-2-4-6-7-5-3-1/h1-5H. The van der Waals surface area contributed by atoms with E-state index in [1.807, 2.05) is 12.1 Å². The topological polar surface area (TPSA) is 28.9 Å². The molecule has 0 saturated heterocycles. The normalized spacial score (nSPS) is 8.00. The van der Waals surface area contributed by atoms with Gasteiger partial charge in [0.05, 0.1) is 0 Å². The van der Waals surface area contributed by atoms with Gasteiger partial charge < -0.3 is 3.85 Å². The molecule has 1 N–H and O–H groups in total. The lowest BCUT2D eigenvalue weighted by Crippen LogP contribution is -1.41. The van der Waals surface area contributed by atoms with E-state index in [0.717, 1.165) is 0 Å². The average Bonchev–Trinajstić information content (AvgIpc) is 1.90. The van der Waals surface area contributed by atoms with Crippen LogP contribution in [-0.2, 0) is 0 Å². The third kappa shape index (κ3) is 1.45. The second kappa shape index (κ2) is 2.47. The lowest BCUT2D eigenvalue weighted by Gasteiger charge is -1.60. The van der Waals surface area contributed by atoms with Crippen LogP contribution >= 0.6 is 11.8 Å². The van der Waals surface area contributed by atoms with Gasteiger partial charge in [0.25, 0.3) is 0 Å². The van der Waals surface area contributed by atoms with E-state index in [0.29, 0.717) is 0 Å². The van der Waals surface area contributed by atoms with Crippen molar-refractivity contribution in [1.29, 1.82) is 0 Å². The second-order valence-electron chi connectivity index (χ2n) is 0.985. The van der Waals surface area contributed by atoms with E-state index >= 15 is 0 Å². The number of aromatic amines is 1. The molecule has 0 aliphatic heterocycles. The number of hydrogen-bond donors (Lipinski definition) is 1. The van der Waals surface area contributed by atoms with Crippen LogP contribution in [0.5, 0.6) is 0 Å². The Morgan fingerprint density at radius 3 is 3.43 bits per heavy atom. The van der Waals surface area contributed by atoms with E-state index in [-0.39, 0.29) is 0 Å². The van der Waals surface area contributed by atoms with E-state index in [1.54, 1.807) is 12.5 Å². The zero-order valence-corrected chi connectivity index (χ0v) is 4.44. The Kier molecular flexibility index (Phi) is 1.57. The van der Waals surface area contributed by atoms with Gasteiger partial charge in [-0.1, -0.05) is 0 Å². The Bertz CT molecular complexity index is 99.7. The zero-order valence-electron chi connectivity index (χ0n) is 3.63. The molecule has 0 aromatic carbocycles. The summed E-state index contributed by atoms with van der Waals surface area (Å²) in [6.07, 6.45) is 3.41. The fraction of sp³-hybridized carbons (Fsp3) is 0. The largest absolute Gasteiger partial charge is 0.395 e. The molecule has 0 aliphatic carbocycles. The fourth-order valence-corrected chi connectivity index (χ4v) is 0.565. The monoisotopic (exact) mass is 115 g/mol. The van der Waals surface area contributed by atoms with Crippen molar-refractivity contribution in [3.8, 4) is 0 Å². The molecule has 0 aliphatic rings. The van der Waals surface area contributed by atoms with Crippen molar-refractivity contribution in [3.63, 3.8) is 0 Å². The SMILES string of the molecule is c1ccos[nH]c1. The van der Waals surface area contributed by atoms with Crippen molar-refractivity contribution < 1.29 is 3.85 Å². The molecule has 7 heavy (non-hydrogen) atoms. The highest BCUT2D eigenvalue weighted by Gasteiger charge is 1.58. The minimum Gasteiger partial charge on any atom is -0.395 e. The van der Waals surface area contributed by atoms with Crippen molar-refractivity contribution in [3.05, 3.63) is 24.6 Å². The van der Waals surface area contributed by atoms with Gasteiger partial charge in [-0.2, -0.15) is 0 Å². The molecule has 38 valence electrons. The summed E-state index contributed by atoms with van der Waals surface area (Å²) in [5.41, 5.74) is 0. The Hall–Kier alpha value is -0.700. The Labute approximate surface area is 45.5 Å². The van der Waals surface area contributed by atoms with Crippen LogP contribution in [0.25, 0.3) is 0 Å². The molecule has 0 bridgehead atoms. The molecule has 1 aromatic heterocycles. The van der Waals surface area contributed by atoms with Crippen molar-refractivity contribution in [2.45, 2.75) is 0 Å². The number of rotatable bonds is 0. The molecular weight excluding hydrogens is 110 g/mol. The molecule has 0 spiro atoms. The van der Waals surface area contributed by atoms with Crippen molar-refractivity contribution in [2.24, 2.45) is 0 Å². The van der Waals surface area contributed by atoms with Gasteiger partial charge in [0.2, 0.25) is 0 Å². The van der Waals surface area contributed by atoms with E-state index in [2.05, 4.69) is 4.37 Å². The maximum Gasteiger partial charge on any atom is 0.126 e. The molecule has 3 heteroatoms. The smallest absolute Gasteiger partial charge is 0.126 e. The molecule has 1 aromatic rings. The molecule has 2 nitrogen and oxygen atoms in total.